The van der Waals surface area contributed by atoms with Crippen LogP contribution >= 0.6 is 0 Å². The largest absolute Gasteiger partial charge is 0.497 e. The molecule has 4 heteroatoms. The minimum absolute atomic E-state index is 0.00967. The van der Waals surface area contributed by atoms with E-state index in [1.165, 1.54) is 0 Å². The molecule has 0 bridgehead atoms. The van der Waals surface area contributed by atoms with Gasteiger partial charge in [0.1, 0.15) is 11.5 Å². The molecule has 3 rings (SSSR count). The predicted molar refractivity (Wildman–Crippen MR) is 132 cm³/mol. The maximum Gasteiger partial charge on any atom is 0.168 e. The zero-order valence-electron chi connectivity index (χ0n) is 19.3. The SMILES string of the molecule is C=CCC(C#N)(C#N)C1=CCCCC1C(C=Cc1ccc(OC)cc1)c1ccc(OC)cc1. The molecule has 168 valence electrons. The Morgan fingerprint density at radius 2 is 1.64 bits per heavy atom. The molecule has 33 heavy (non-hydrogen) atoms. The van der Waals surface area contributed by atoms with Gasteiger partial charge in [0.05, 0.1) is 26.4 Å². The molecular formula is C29H30N2O2. The summed E-state index contributed by atoms with van der Waals surface area (Å²) in [5.74, 6) is 1.66. The second kappa shape index (κ2) is 11.2. The van der Waals surface area contributed by atoms with Gasteiger partial charge in [-0.05, 0) is 66.1 Å². The summed E-state index contributed by atoms with van der Waals surface area (Å²) in [5, 5.41) is 20.1. The molecule has 0 N–H and O–H groups in total. The summed E-state index contributed by atoms with van der Waals surface area (Å²) in [6, 6.07) is 20.6. The molecule has 0 saturated carbocycles. The molecule has 0 aromatic heterocycles. The van der Waals surface area contributed by atoms with Crippen LogP contribution in [0.15, 0.2) is 78.9 Å². The third kappa shape index (κ3) is 5.36. The molecule has 4 nitrogen and oxygen atoms in total. The molecule has 2 unspecified atom stereocenters. The van der Waals surface area contributed by atoms with Crippen molar-refractivity contribution in [3.63, 3.8) is 0 Å². The molecule has 0 aliphatic heterocycles. The first-order chi connectivity index (χ1) is 16.1. The fourth-order valence-corrected chi connectivity index (χ4v) is 4.58. The van der Waals surface area contributed by atoms with Crippen molar-refractivity contribution in [1.82, 2.24) is 0 Å². The van der Waals surface area contributed by atoms with Gasteiger partial charge in [-0.1, -0.05) is 48.6 Å². The summed E-state index contributed by atoms with van der Waals surface area (Å²) >= 11 is 0. The van der Waals surface area contributed by atoms with Crippen molar-refractivity contribution >= 4 is 6.08 Å². The fraction of sp³-hybridized carbons (Fsp3) is 0.310. The number of nitriles is 2. The Kier molecular flexibility index (Phi) is 8.11. The van der Waals surface area contributed by atoms with Gasteiger partial charge < -0.3 is 9.47 Å². The van der Waals surface area contributed by atoms with Crippen molar-refractivity contribution in [2.24, 2.45) is 11.3 Å². The minimum atomic E-state index is -1.19. The average molecular weight is 439 g/mol. The first-order valence-corrected chi connectivity index (χ1v) is 11.2. The minimum Gasteiger partial charge on any atom is -0.497 e. The summed E-state index contributed by atoms with van der Waals surface area (Å²) in [5.41, 5.74) is 1.92. The summed E-state index contributed by atoms with van der Waals surface area (Å²) in [7, 11) is 3.31. The zero-order chi connectivity index (χ0) is 23.7. The van der Waals surface area contributed by atoms with Gasteiger partial charge in [-0.25, -0.2) is 0 Å². The summed E-state index contributed by atoms with van der Waals surface area (Å²) < 4.78 is 10.6. The number of allylic oxidation sites excluding steroid dienone is 4. The van der Waals surface area contributed by atoms with Crippen LogP contribution in [0.4, 0.5) is 0 Å². The number of rotatable bonds is 9. The number of ether oxygens (including phenoxy) is 2. The second-order valence-corrected chi connectivity index (χ2v) is 8.25. The van der Waals surface area contributed by atoms with Crippen LogP contribution in [0.5, 0.6) is 11.5 Å². The normalized spacial score (nSPS) is 16.8. The van der Waals surface area contributed by atoms with Crippen LogP contribution in [-0.2, 0) is 0 Å². The quantitative estimate of drug-likeness (QED) is 0.402. The fourth-order valence-electron chi connectivity index (χ4n) is 4.58. The molecular weight excluding hydrogens is 408 g/mol. The van der Waals surface area contributed by atoms with Gasteiger partial charge in [0.25, 0.3) is 0 Å². The molecule has 0 saturated heterocycles. The Bertz CT molecular complexity index is 1070. The van der Waals surface area contributed by atoms with Gasteiger partial charge in [0.15, 0.2) is 5.41 Å². The molecule has 2 aromatic rings. The van der Waals surface area contributed by atoms with Gasteiger partial charge in [-0.2, -0.15) is 10.5 Å². The number of hydrogen-bond acceptors (Lipinski definition) is 4. The van der Waals surface area contributed by atoms with Gasteiger partial charge in [0.2, 0.25) is 0 Å². The highest BCUT2D eigenvalue weighted by molar-refractivity contribution is 5.53. The van der Waals surface area contributed by atoms with Crippen molar-refractivity contribution in [3.05, 3.63) is 90.0 Å². The maximum absolute atomic E-state index is 10.0. The van der Waals surface area contributed by atoms with E-state index in [0.717, 1.165) is 47.5 Å². The predicted octanol–water partition coefficient (Wildman–Crippen LogP) is 6.84. The smallest absolute Gasteiger partial charge is 0.168 e. The Morgan fingerprint density at radius 3 is 2.18 bits per heavy atom. The molecule has 2 atom stereocenters. The van der Waals surface area contributed by atoms with Gasteiger partial charge >= 0.3 is 0 Å². The van der Waals surface area contributed by atoms with E-state index in [-0.39, 0.29) is 11.8 Å². The number of methoxy groups -OCH3 is 2. The first-order valence-electron chi connectivity index (χ1n) is 11.2. The highest BCUT2D eigenvalue weighted by Crippen LogP contribution is 2.47. The lowest BCUT2D eigenvalue weighted by atomic mass is 9.65. The van der Waals surface area contributed by atoms with Crippen LogP contribution < -0.4 is 9.47 Å². The van der Waals surface area contributed by atoms with Crippen LogP contribution in [-0.4, -0.2) is 14.2 Å². The van der Waals surface area contributed by atoms with E-state index in [4.69, 9.17) is 9.47 Å². The lowest BCUT2D eigenvalue weighted by Crippen LogP contribution is -2.29. The van der Waals surface area contributed by atoms with Crippen molar-refractivity contribution < 1.29 is 9.47 Å². The Hall–Kier alpha value is -3.76. The van der Waals surface area contributed by atoms with Crippen molar-refractivity contribution in [1.29, 1.82) is 10.5 Å². The summed E-state index contributed by atoms with van der Waals surface area (Å²) in [6.45, 7) is 3.81. The average Bonchev–Trinajstić information content (AvgIpc) is 2.88. The number of nitrogens with zero attached hydrogens (tertiary/aromatic N) is 2. The second-order valence-electron chi connectivity index (χ2n) is 8.25. The number of benzene rings is 2. The molecule has 0 fully saturated rings. The van der Waals surface area contributed by atoms with E-state index in [9.17, 15) is 10.5 Å². The van der Waals surface area contributed by atoms with E-state index in [1.54, 1.807) is 20.3 Å². The topological polar surface area (TPSA) is 66.0 Å². The van der Waals surface area contributed by atoms with E-state index < -0.39 is 5.41 Å². The molecule has 0 amide bonds. The highest BCUT2D eigenvalue weighted by atomic mass is 16.5. The monoisotopic (exact) mass is 438 g/mol. The molecule has 1 aliphatic rings. The van der Waals surface area contributed by atoms with Gasteiger partial charge in [0, 0.05) is 12.3 Å². The van der Waals surface area contributed by atoms with E-state index in [2.05, 4.69) is 49.1 Å². The van der Waals surface area contributed by atoms with E-state index in [1.807, 2.05) is 36.4 Å². The Labute approximate surface area is 197 Å². The summed E-state index contributed by atoms with van der Waals surface area (Å²) in [6.07, 6.45) is 11.2. The Morgan fingerprint density at radius 1 is 1.03 bits per heavy atom. The van der Waals surface area contributed by atoms with Crippen molar-refractivity contribution in [2.75, 3.05) is 14.2 Å². The molecule has 0 heterocycles. The van der Waals surface area contributed by atoms with Crippen LogP contribution in [0.3, 0.4) is 0 Å². The third-order valence-corrected chi connectivity index (χ3v) is 6.35. The summed E-state index contributed by atoms with van der Waals surface area (Å²) in [4.78, 5) is 0. The van der Waals surface area contributed by atoms with E-state index >= 15 is 0 Å². The third-order valence-electron chi connectivity index (χ3n) is 6.35. The molecule has 0 radical (unpaired) electrons. The van der Waals surface area contributed by atoms with Crippen LogP contribution in [0.1, 0.15) is 42.7 Å². The van der Waals surface area contributed by atoms with Crippen LogP contribution in [0.2, 0.25) is 0 Å². The van der Waals surface area contributed by atoms with Gasteiger partial charge in [-0.3, -0.25) is 0 Å². The van der Waals surface area contributed by atoms with Gasteiger partial charge in [-0.15, -0.1) is 6.58 Å². The number of hydrogen-bond donors (Lipinski definition) is 0. The van der Waals surface area contributed by atoms with Crippen molar-refractivity contribution in [3.8, 4) is 23.6 Å². The highest BCUT2D eigenvalue weighted by Gasteiger charge is 2.41. The lowest BCUT2D eigenvalue weighted by Gasteiger charge is -2.36. The zero-order valence-corrected chi connectivity index (χ0v) is 19.3. The lowest BCUT2D eigenvalue weighted by molar-refractivity contribution is 0.403. The van der Waals surface area contributed by atoms with E-state index in [0.29, 0.717) is 6.42 Å². The first kappa shape index (κ1) is 23.9. The standard InChI is InChI=1S/C29H30N2O2/c1-4-19-29(20-30,21-31)28-8-6-5-7-27(28)26(23-12-16-25(33-3)17-13-23)18-11-22-9-14-24(32-2)15-10-22/h4,8-18,26-27H,1,5-7,19H2,2-3H3. The maximum atomic E-state index is 10.0. The van der Waals surface area contributed by atoms with Crippen LogP contribution in [0.25, 0.3) is 6.08 Å². The van der Waals surface area contributed by atoms with Crippen molar-refractivity contribution in [2.45, 2.75) is 31.6 Å². The van der Waals surface area contributed by atoms with Crippen LogP contribution in [0, 0.1) is 34.0 Å². The molecule has 2 aromatic carbocycles. The molecule has 0 spiro atoms. The molecule has 1 aliphatic carbocycles. The Balaban J connectivity index is 2.06.